The molecule has 4 nitrogen and oxygen atoms in total. The smallest absolute Gasteiger partial charge is 0.309 e. The van der Waals surface area contributed by atoms with Crippen molar-refractivity contribution in [2.75, 3.05) is 7.05 Å². The van der Waals surface area contributed by atoms with Crippen LogP contribution in [0.15, 0.2) is 0 Å². The summed E-state index contributed by atoms with van der Waals surface area (Å²) in [5.74, 6) is 2.42. The van der Waals surface area contributed by atoms with Crippen LogP contribution in [-0.2, 0) is 9.53 Å². The van der Waals surface area contributed by atoms with E-state index in [1.165, 1.54) is 0 Å². The van der Waals surface area contributed by atoms with Crippen molar-refractivity contribution in [2.45, 2.75) is 150 Å². The van der Waals surface area contributed by atoms with Crippen molar-refractivity contribution in [1.29, 1.82) is 0 Å². The zero-order valence-electron chi connectivity index (χ0n) is 24.9. The molecule has 0 aromatic heterocycles. The Morgan fingerprint density at radius 1 is 0.943 bits per heavy atom. The van der Waals surface area contributed by atoms with Gasteiger partial charge in [0.25, 0.3) is 0 Å². The molecule has 2 rings (SSSR count). The SMILES string of the molecule is CCCCC(CC1CC(CC(C)C)C(O)C(CC(C)C)C1)C(=O)OC1CC(C)(C)N(C)C(C)(C)C1. The molecule has 2 fully saturated rings. The summed E-state index contributed by atoms with van der Waals surface area (Å²) in [7, 11) is 2.20. The van der Waals surface area contributed by atoms with Crippen molar-refractivity contribution in [2.24, 2.45) is 35.5 Å². The fourth-order valence-corrected chi connectivity index (χ4v) is 7.30. The van der Waals surface area contributed by atoms with E-state index < -0.39 is 0 Å². The van der Waals surface area contributed by atoms with E-state index in [1.807, 2.05) is 0 Å². The molecule has 4 heteroatoms. The lowest BCUT2D eigenvalue weighted by Crippen LogP contribution is -2.60. The molecule has 0 aromatic carbocycles. The molecule has 1 aliphatic heterocycles. The Morgan fingerprint density at radius 2 is 1.43 bits per heavy atom. The quantitative estimate of drug-likeness (QED) is 0.303. The molecule has 2 aliphatic rings. The lowest BCUT2D eigenvalue weighted by molar-refractivity contribution is -0.165. The number of hydrogen-bond donors (Lipinski definition) is 1. The first kappa shape index (κ1) is 30.6. The van der Waals surface area contributed by atoms with Crippen molar-refractivity contribution in [3.63, 3.8) is 0 Å². The number of likely N-dealkylation sites (tertiary alicyclic amines) is 1. The highest BCUT2D eigenvalue weighted by molar-refractivity contribution is 5.72. The Kier molecular flexibility index (Phi) is 11.2. The zero-order chi connectivity index (χ0) is 26.6. The molecular weight excluding hydrogens is 434 g/mol. The molecule has 1 saturated carbocycles. The molecule has 35 heavy (non-hydrogen) atoms. The first-order valence-corrected chi connectivity index (χ1v) is 14.8. The van der Waals surface area contributed by atoms with Gasteiger partial charge in [0, 0.05) is 23.9 Å². The molecular formula is C31H59NO3. The van der Waals surface area contributed by atoms with Gasteiger partial charge >= 0.3 is 5.97 Å². The number of nitrogens with zero attached hydrogens (tertiary/aromatic N) is 1. The van der Waals surface area contributed by atoms with Crippen molar-refractivity contribution in [3.8, 4) is 0 Å². The second-order valence-corrected chi connectivity index (χ2v) is 14.3. The molecule has 1 heterocycles. The third-order valence-corrected chi connectivity index (χ3v) is 9.20. The number of esters is 1. The number of carbonyl (C=O) groups is 1. The summed E-state index contributed by atoms with van der Waals surface area (Å²) < 4.78 is 6.30. The van der Waals surface area contributed by atoms with Gasteiger partial charge < -0.3 is 9.84 Å². The average molecular weight is 494 g/mol. The number of carbonyl (C=O) groups excluding carboxylic acids is 1. The molecule has 206 valence electrons. The van der Waals surface area contributed by atoms with Crippen molar-refractivity contribution in [1.82, 2.24) is 4.90 Å². The molecule has 0 radical (unpaired) electrons. The number of aliphatic hydroxyl groups excluding tert-OH is 1. The highest BCUT2D eigenvalue weighted by Crippen LogP contribution is 2.43. The Bertz CT molecular complexity index is 618. The van der Waals surface area contributed by atoms with E-state index in [4.69, 9.17) is 4.74 Å². The fourth-order valence-electron chi connectivity index (χ4n) is 7.30. The van der Waals surface area contributed by atoms with Gasteiger partial charge in [0.15, 0.2) is 0 Å². The first-order valence-electron chi connectivity index (χ1n) is 14.8. The summed E-state index contributed by atoms with van der Waals surface area (Å²) in [5.41, 5.74) is 0.0263. The second-order valence-electron chi connectivity index (χ2n) is 14.3. The van der Waals surface area contributed by atoms with E-state index in [1.54, 1.807) is 0 Å². The standard InChI is InChI=1S/C31H59NO3/c1-11-12-13-24(29(34)35-27-19-30(6,7)32(10)31(8,9)20-27)16-23-17-25(14-21(2)3)28(33)26(18-23)15-22(4)5/h21-28,33H,11-20H2,1-10H3. The molecule has 3 unspecified atom stereocenters. The van der Waals surface area contributed by atoms with Gasteiger partial charge in [-0.1, -0.05) is 47.5 Å². The molecule has 1 saturated heterocycles. The van der Waals surface area contributed by atoms with Gasteiger partial charge in [-0.2, -0.15) is 0 Å². The van der Waals surface area contributed by atoms with Gasteiger partial charge in [-0.25, -0.2) is 0 Å². The third kappa shape index (κ3) is 8.73. The number of rotatable bonds is 11. The Hall–Kier alpha value is -0.610. The molecule has 0 bridgehead atoms. The van der Waals surface area contributed by atoms with E-state index >= 15 is 0 Å². The van der Waals surface area contributed by atoms with Gasteiger partial charge in [0.05, 0.1) is 12.0 Å². The van der Waals surface area contributed by atoms with Crippen LogP contribution in [0.4, 0.5) is 0 Å². The zero-order valence-corrected chi connectivity index (χ0v) is 24.9. The minimum atomic E-state index is -0.194. The van der Waals surface area contributed by atoms with Gasteiger partial charge in [-0.05, 0) is 103 Å². The van der Waals surface area contributed by atoms with Crippen LogP contribution in [0.1, 0.15) is 127 Å². The fraction of sp³-hybridized carbons (Fsp3) is 0.968. The highest BCUT2D eigenvalue weighted by Gasteiger charge is 2.45. The predicted molar refractivity (Wildman–Crippen MR) is 147 cm³/mol. The summed E-state index contributed by atoms with van der Waals surface area (Å²) in [6.45, 7) is 20.3. The van der Waals surface area contributed by atoms with Crippen LogP contribution >= 0.6 is 0 Å². The maximum Gasteiger partial charge on any atom is 0.309 e. The van der Waals surface area contributed by atoms with Crippen LogP contribution in [0.25, 0.3) is 0 Å². The van der Waals surface area contributed by atoms with Gasteiger partial charge in [-0.3, -0.25) is 9.69 Å². The van der Waals surface area contributed by atoms with E-state index in [9.17, 15) is 9.90 Å². The van der Waals surface area contributed by atoms with E-state index in [0.29, 0.717) is 29.6 Å². The molecule has 0 amide bonds. The largest absolute Gasteiger partial charge is 0.462 e. The Balaban J connectivity index is 2.13. The summed E-state index contributed by atoms with van der Waals surface area (Å²) in [6, 6.07) is 0. The van der Waals surface area contributed by atoms with Crippen LogP contribution in [0, 0.1) is 35.5 Å². The van der Waals surface area contributed by atoms with Gasteiger partial charge in [0.1, 0.15) is 6.10 Å². The summed E-state index contributed by atoms with van der Waals surface area (Å²) in [4.78, 5) is 16.0. The highest BCUT2D eigenvalue weighted by atomic mass is 16.5. The number of unbranched alkanes of at least 4 members (excludes halogenated alkanes) is 1. The Labute approximate surface area is 218 Å². The lowest BCUT2D eigenvalue weighted by Gasteiger charge is -2.53. The van der Waals surface area contributed by atoms with Crippen LogP contribution in [0.5, 0.6) is 0 Å². The third-order valence-electron chi connectivity index (χ3n) is 9.20. The predicted octanol–water partition coefficient (Wildman–Crippen LogP) is 7.47. The molecule has 0 aromatic rings. The maximum atomic E-state index is 13.6. The average Bonchev–Trinajstić information content (AvgIpc) is 2.71. The number of hydrogen-bond acceptors (Lipinski definition) is 4. The first-order chi connectivity index (χ1) is 16.2. The van der Waals surface area contributed by atoms with E-state index in [0.717, 1.165) is 64.2 Å². The number of aliphatic hydroxyl groups is 1. The summed E-state index contributed by atoms with van der Waals surface area (Å²) >= 11 is 0. The topological polar surface area (TPSA) is 49.8 Å². The van der Waals surface area contributed by atoms with Crippen molar-refractivity contribution < 1.29 is 14.6 Å². The van der Waals surface area contributed by atoms with Crippen molar-refractivity contribution >= 4 is 5.97 Å². The molecule has 3 atom stereocenters. The van der Waals surface area contributed by atoms with Crippen molar-refractivity contribution in [3.05, 3.63) is 0 Å². The summed E-state index contributed by atoms with van der Waals surface area (Å²) in [6.07, 6.45) is 9.87. The van der Waals surface area contributed by atoms with Crippen LogP contribution in [0.2, 0.25) is 0 Å². The van der Waals surface area contributed by atoms with Gasteiger partial charge in [-0.15, -0.1) is 0 Å². The normalized spacial score (nSPS) is 30.5. The monoisotopic (exact) mass is 493 g/mol. The van der Waals surface area contributed by atoms with Gasteiger partial charge in [0.2, 0.25) is 0 Å². The minimum absolute atomic E-state index is 0.0108. The van der Waals surface area contributed by atoms with Crippen LogP contribution in [-0.4, -0.2) is 46.3 Å². The number of piperidine rings is 1. The number of ether oxygens (including phenoxy) is 1. The lowest BCUT2D eigenvalue weighted by atomic mass is 9.66. The molecule has 0 spiro atoms. The maximum absolute atomic E-state index is 13.6. The van der Waals surface area contributed by atoms with Crippen LogP contribution in [0.3, 0.4) is 0 Å². The van der Waals surface area contributed by atoms with E-state index in [2.05, 4.69) is 74.3 Å². The molecule has 1 aliphatic carbocycles. The Morgan fingerprint density at radius 3 is 1.86 bits per heavy atom. The second kappa shape index (κ2) is 12.8. The van der Waals surface area contributed by atoms with Crippen LogP contribution < -0.4 is 0 Å². The van der Waals surface area contributed by atoms with E-state index in [-0.39, 0.29) is 35.2 Å². The summed E-state index contributed by atoms with van der Waals surface area (Å²) in [5, 5.41) is 11.2. The molecule has 1 N–H and O–H groups in total. The minimum Gasteiger partial charge on any atom is -0.462 e.